The summed E-state index contributed by atoms with van der Waals surface area (Å²) in [5, 5.41) is 8.49. The lowest BCUT2D eigenvalue weighted by Crippen LogP contribution is -2.33. The summed E-state index contributed by atoms with van der Waals surface area (Å²) >= 11 is 1.81. The minimum Gasteiger partial charge on any atom is -0.456 e. The SMILES string of the molecule is CC1(C)c2ccccc2-c2ccc(C3N=C(c4ccc5c(c4)oc4cccc(-c6ccccc6)c45)N=C(c4cccc5c4sc4ccccc45)N3)cc21. The Morgan fingerprint density at radius 2 is 1.34 bits per heavy atom. The van der Waals surface area contributed by atoms with Gasteiger partial charge in [-0.15, -0.1) is 11.3 Å². The van der Waals surface area contributed by atoms with Gasteiger partial charge in [-0.2, -0.15) is 0 Å². The van der Waals surface area contributed by atoms with E-state index < -0.39 is 0 Å². The molecule has 0 radical (unpaired) electrons. The Morgan fingerprint density at radius 1 is 0.585 bits per heavy atom. The molecule has 2 aromatic heterocycles. The van der Waals surface area contributed by atoms with Crippen molar-refractivity contribution >= 4 is 65.1 Å². The Morgan fingerprint density at radius 3 is 2.26 bits per heavy atom. The first-order valence-corrected chi connectivity index (χ1v) is 18.9. The van der Waals surface area contributed by atoms with Gasteiger partial charge >= 0.3 is 0 Å². The topological polar surface area (TPSA) is 49.9 Å². The Kier molecular flexibility index (Phi) is 6.50. The molecule has 1 unspecified atom stereocenters. The van der Waals surface area contributed by atoms with Crippen LogP contribution in [0.1, 0.15) is 47.8 Å². The average Bonchev–Trinajstić information content (AvgIpc) is 3.85. The van der Waals surface area contributed by atoms with Crippen LogP contribution < -0.4 is 5.32 Å². The van der Waals surface area contributed by atoms with Crippen LogP contribution in [-0.2, 0) is 5.41 Å². The predicted molar refractivity (Wildman–Crippen MR) is 221 cm³/mol. The first-order valence-electron chi connectivity index (χ1n) is 18.1. The predicted octanol–water partition coefficient (Wildman–Crippen LogP) is 12.4. The second kappa shape index (κ2) is 11.3. The van der Waals surface area contributed by atoms with E-state index in [0.29, 0.717) is 5.84 Å². The molecule has 4 nitrogen and oxygen atoms in total. The van der Waals surface area contributed by atoms with E-state index >= 15 is 0 Å². The van der Waals surface area contributed by atoms with Crippen LogP contribution in [0.2, 0.25) is 0 Å². The molecule has 0 bridgehead atoms. The summed E-state index contributed by atoms with van der Waals surface area (Å²) in [4.78, 5) is 10.6. The molecule has 2 aliphatic rings. The molecule has 1 aliphatic heterocycles. The quantitative estimate of drug-likeness (QED) is 0.199. The van der Waals surface area contributed by atoms with Gasteiger partial charge in [0.2, 0.25) is 0 Å². The van der Waals surface area contributed by atoms with Gasteiger partial charge < -0.3 is 9.73 Å². The highest BCUT2D eigenvalue weighted by Gasteiger charge is 2.36. The molecular formula is C48H33N3OS. The lowest BCUT2D eigenvalue weighted by Gasteiger charge is -2.26. The van der Waals surface area contributed by atoms with E-state index in [2.05, 4.69) is 171 Å². The zero-order valence-corrected chi connectivity index (χ0v) is 30.0. The highest BCUT2D eigenvalue weighted by Crippen LogP contribution is 2.49. The molecule has 5 heteroatoms. The molecule has 11 rings (SSSR count). The molecule has 3 heterocycles. The first kappa shape index (κ1) is 30.3. The maximum atomic E-state index is 6.55. The lowest BCUT2D eigenvalue weighted by molar-refractivity contribution is 0.645. The molecule has 252 valence electrons. The van der Waals surface area contributed by atoms with Crippen LogP contribution in [0.4, 0.5) is 0 Å². The molecule has 1 aliphatic carbocycles. The Hall–Kier alpha value is -6.30. The van der Waals surface area contributed by atoms with Crippen molar-refractivity contribution in [2.24, 2.45) is 9.98 Å². The van der Waals surface area contributed by atoms with Gasteiger partial charge in [-0.1, -0.05) is 135 Å². The van der Waals surface area contributed by atoms with E-state index in [4.69, 9.17) is 14.4 Å². The smallest absolute Gasteiger partial charge is 0.159 e. The lowest BCUT2D eigenvalue weighted by atomic mass is 9.82. The fourth-order valence-corrected chi connectivity index (χ4v) is 9.75. The van der Waals surface area contributed by atoms with Gasteiger partial charge in [0.25, 0.3) is 0 Å². The number of rotatable bonds is 4. The van der Waals surface area contributed by atoms with Crippen molar-refractivity contribution in [2.75, 3.05) is 0 Å². The summed E-state index contributed by atoms with van der Waals surface area (Å²) in [5.74, 6) is 1.49. The zero-order valence-electron chi connectivity index (χ0n) is 29.2. The molecule has 0 saturated carbocycles. The van der Waals surface area contributed by atoms with Gasteiger partial charge in [-0.25, -0.2) is 9.98 Å². The van der Waals surface area contributed by atoms with Crippen LogP contribution in [0, 0.1) is 0 Å². The number of benzene rings is 7. The summed E-state index contributed by atoms with van der Waals surface area (Å²) in [6, 6.07) is 54.0. The van der Waals surface area contributed by atoms with Crippen LogP contribution in [-0.4, -0.2) is 11.7 Å². The largest absolute Gasteiger partial charge is 0.456 e. The van der Waals surface area contributed by atoms with Crippen LogP contribution >= 0.6 is 11.3 Å². The first-order chi connectivity index (χ1) is 26.0. The van der Waals surface area contributed by atoms with Gasteiger partial charge in [0.05, 0.1) is 0 Å². The standard InChI is InChI=1S/C48H33N3OS/c1-48(2)38-19-8-6-14-32(38)33-24-22-29(26-39(33)48)45-49-46(51-47(50-45)37-18-10-17-35-34-15-7-9-21-42(34)53-44(35)37)30-23-25-36-41(27-30)52-40-20-11-16-31(43(36)40)28-12-4-3-5-13-28/h3-27,45H,1-2H3,(H,49,50,51). The third-order valence-corrected chi connectivity index (χ3v) is 12.4. The fourth-order valence-electron chi connectivity index (χ4n) is 8.53. The van der Waals surface area contributed by atoms with Crippen LogP contribution in [0.5, 0.6) is 0 Å². The van der Waals surface area contributed by atoms with Crippen LogP contribution in [0.15, 0.2) is 166 Å². The van der Waals surface area contributed by atoms with E-state index in [1.54, 1.807) is 0 Å². The summed E-state index contributed by atoms with van der Waals surface area (Å²) in [6.07, 6.45) is -0.344. The van der Waals surface area contributed by atoms with Crippen molar-refractivity contribution in [3.63, 3.8) is 0 Å². The minimum atomic E-state index is -0.344. The third-order valence-electron chi connectivity index (χ3n) is 11.2. The number of nitrogens with one attached hydrogen (secondary N) is 1. The number of aliphatic imine (C=N–C) groups is 2. The third kappa shape index (κ3) is 4.60. The van der Waals surface area contributed by atoms with Crippen molar-refractivity contribution in [1.82, 2.24) is 5.32 Å². The van der Waals surface area contributed by atoms with Crippen LogP contribution in [0.3, 0.4) is 0 Å². The monoisotopic (exact) mass is 699 g/mol. The number of thiophene rings is 1. The molecule has 0 saturated heterocycles. The Balaban J connectivity index is 1.08. The highest BCUT2D eigenvalue weighted by atomic mass is 32.1. The summed E-state index contributed by atoms with van der Waals surface area (Å²) in [6.45, 7) is 4.65. The maximum Gasteiger partial charge on any atom is 0.159 e. The number of furan rings is 1. The van der Waals surface area contributed by atoms with Gasteiger partial charge in [0.1, 0.15) is 23.2 Å². The normalized spacial score (nSPS) is 16.1. The fraction of sp³-hybridized carbons (Fsp3) is 0.0833. The second-order valence-electron chi connectivity index (χ2n) is 14.6. The number of fused-ring (bicyclic) bond motifs is 9. The van der Waals surface area contributed by atoms with E-state index in [0.717, 1.165) is 50.0 Å². The second-order valence-corrected chi connectivity index (χ2v) is 15.6. The summed E-state index contributed by atoms with van der Waals surface area (Å²) < 4.78 is 9.03. The number of hydrogen-bond donors (Lipinski definition) is 1. The van der Waals surface area contributed by atoms with Crippen molar-refractivity contribution in [2.45, 2.75) is 25.4 Å². The maximum absolute atomic E-state index is 6.55. The average molecular weight is 700 g/mol. The van der Waals surface area contributed by atoms with E-state index in [1.807, 2.05) is 11.3 Å². The molecule has 9 aromatic rings. The number of hydrogen-bond acceptors (Lipinski definition) is 5. The molecule has 0 amide bonds. The van der Waals surface area contributed by atoms with Gasteiger partial charge in [0, 0.05) is 47.5 Å². The minimum absolute atomic E-state index is 0.117. The molecule has 7 aromatic carbocycles. The van der Waals surface area contributed by atoms with Crippen molar-refractivity contribution in [3.05, 3.63) is 179 Å². The van der Waals surface area contributed by atoms with Gasteiger partial charge in [0.15, 0.2) is 5.84 Å². The Labute approximate surface area is 310 Å². The number of amidine groups is 2. The van der Waals surface area contributed by atoms with Crippen molar-refractivity contribution < 1.29 is 4.42 Å². The van der Waals surface area contributed by atoms with E-state index in [9.17, 15) is 0 Å². The molecule has 0 spiro atoms. The zero-order chi connectivity index (χ0) is 35.3. The molecule has 1 atom stereocenters. The van der Waals surface area contributed by atoms with Crippen LogP contribution in [0.25, 0.3) is 64.4 Å². The van der Waals surface area contributed by atoms with Gasteiger partial charge in [-0.3, -0.25) is 0 Å². The van der Waals surface area contributed by atoms with Gasteiger partial charge in [-0.05, 0) is 69.3 Å². The highest BCUT2D eigenvalue weighted by molar-refractivity contribution is 7.26. The summed E-state index contributed by atoms with van der Waals surface area (Å²) in [7, 11) is 0. The molecule has 53 heavy (non-hydrogen) atoms. The van der Waals surface area contributed by atoms with Crippen molar-refractivity contribution in [1.29, 1.82) is 0 Å². The molecular weight excluding hydrogens is 667 g/mol. The molecule has 0 fully saturated rings. The summed E-state index contributed by atoms with van der Waals surface area (Å²) in [5.41, 5.74) is 12.3. The Bertz CT molecular complexity index is 3020. The van der Waals surface area contributed by atoms with Crippen molar-refractivity contribution in [3.8, 4) is 22.3 Å². The van der Waals surface area contributed by atoms with E-state index in [-0.39, 0.29) is 11.6 Å². The van der Waals surface area contributed by atoms with E-state index in [1.165, 1.54) is 48.0 Å². The molecule has 1 N–H and O–H groups in total. The number of nitrogens with zero attached hydrogens (tertiary/aromatic N) is 2.